The summed E-state index contributed by atoms with van der Waals surface area (Å²) in [6.07, 6.45) is -4.47. The molecule has 0 aliphatic carbocycles. The van der Waals surface area contributed by atoms with Gasteiger partial charge in [-0.2, -0.15) is 22.5 Å². The Kier molecular flexibility index (Phi) is 4.70. The minimum Gasteiger partial charge on any atom is -0.359 e. The third kappa shape index (κ3) is 4.47. The predicted octanol–water partition coefficient (Wildman–Crippen LogP) is 2.31. The van der Waals surface area contributed by atoms with Gasteiger partial charge in [0.25, 0.3) is 0 Å². The van der Waals surface area contributed by atoms with Gasteiger partial charge in [0.2, 0.25) is 11.0 Å². The van der Waals surface area contributed by atoms with E-state index < -0.39 is 12.0 Å². The van der Waals surface area contributed by atoms with E-state index >= 15 is 0 Å². The average Bonchev–Trinajstić information content (AvgIpc) is 2.65. The molecule has 0 amide bonds. The smallest absolute Gasteiger partial charge is 0.359 e. The number of likely N-dealkylation sites (N-methyl/N-ethyl adjacent to an activating group) is 1. The summed E-state index contributed by atoms with van der Waals surface area (Å²) in [5.74, 6) is -1.08. The van der Waals surface area contributed by atoms with Crippen LogP contribution in [0.4, 0.5) is 18.3 Å². The second kappa shape index (κ2) is 5.63. The number of nitrogens with one attached hydrogen (secondary N) is 1. The van der Waals surface area contributed by atoms with Crippen LogP contribution < -0.4 is 5.32 Å². The van der Waals surface area contributed by atoms with E-state index in [9.17, 15) is 13.2 Å². The molecule has 8 heteroatoms. The van der Waals surface area contributed by atoms with Gasteiger partial charge in [-0.15, -0.1) is 0 Å². The van der Waals surface area contributed by atoms with Gasteiger partial charge < -0.3 is 10.2 Å². The molecule has 1 aromatic heterocycles. The number of rotatable bonds is 5. The summed E-state index contributed by atoms with van der Waals surface area (Å²) in [5.41, 5.74) is 0. The van der Waals surface area contributed by atoms with E-state index in [4.69, 9.17) is 0 Å². The molecule has 0 spiro atoms. The summed E-state index contributed by atoms with van der Waals surface area (Å²) in [6.45, 7) is 5.37. The summed E-state index contributed by atoms with van der Waals surface area (Å²) in [4.78, 5) is 5.46. The van der Waals surface area contributed by atoms with Crippen molar-refractivity contribution in [1.29, 1.82) is 0 Å². The quantitative estimate of drug-likeness (QED) is 0.889. The molecule has 17 heavy (non-hydrogen) atoms. The average molecular weight is 268 g/mol. The zero-order valence-corrected chi connectivity index (χ0v) is 10.7. The first-order valence-corrected chi connectivity index (χ1v) is 5.93. The van der Waals surface area contributed by atoms with Gasteiger partial charge in [-0.05, 0) is 20.9 Å². The van der Waals surface area contributed by atoms with Crippen molar-refractivity contribution in [1.82, 2.24) is 14.3 Å². The maximum Gasteiger partial charge on any atom is 0.452 e. The van der Waals surface area contributed by atoms with E-state index in [0.29, 0.717) is 12.6 Å². The first-order chi connectivity index (χ1) is 7.80. The fraction of sp³-hybridized carbons (Fsp3) is 0.778. The third-order valence-corrected chi connectivity index (χ3v) is 2.97. The Bertz CT molecular complexity index is 350. The van der Waals surface area contributed by atoms with Gasteiger partial charge in [0.15, 0.2) is 0 Å². The molecule has 1 aromatic rings. The van der Waals surface area contributed by atoms with Gasteiger partial charge in [0.05, 0.1) is 0 Å². The van der Waals surface area contributed by atoms with Crippen LogP contribution in [0.5, 0.6) is 0 Å². The van der Waals surface area contributed by atoms with Crippen molar-refractivity contribution in [3.63, 3.8) is 0 Å². The minimum absolute atomic E-state index is 0.203. The molecule has 98 valence electrons. The lowest BCUT2D eigenvalue weighted by molar-refractivity contribution is -0.144. The molecule has 0 fully saturated rings. The molecule has 1 N–H and O–H groups in total. The van der Waals surface area contributed by atoms with Crippen LogP contribution in [0.2, 0.25) is 0 Å². The van der Waals surface area contributed by atoms with Crippen molar-refractivity contribution < 1.29 is 13.2 Å². The summed E-state index contributed by atoms with van der Waals surface area (Å²) < 4.78 is 39.9. The van der Waals surface area contributed by atoms with Gasteiger partial charge in [0, 0.05) is 30.7 Å². The molecule has 0 atom stereocenters. The molecule has 0 aliphatic rings. The summed E-state index contributed by atoms with van der Waals surface area (Å²) in [6, 6.07) is 0.400. The van der Waals surface area contributed by atoms with Crippen molar-refractivity contribution in [2.75, 3.05) is 25.5 Å². The molecule has 1 rings (SSSR count). The first kappa shape index (κ1) is 14.2. The van der Waals surface area contributed by atoms with Crippen LogP contribution in [0, 0.1) is 0 Å². The van der Waals surface area contributed by atoms with E-state index in [1.165, 1.54) is 0 Å². The fourth-order valence-electron chi connectivity index (χ4n) is 1.01. The van der Waals surface area contributed by atoms with Crippen LogP contribution in [0.15, 0.2) is 0 Å². The summed E-state index contributed by atoms with van der Waals surface area (Å²) >= 11 is 0.726. The van der Waals surface area contributed by atoms with Crippen molar-refractivity contribution >= 4 is 16.7 Å². The highest BCUT2D eigenvalue weighted by atomic mass is 32.1. The van der Waals surface area contributed by atoms with E-state index in [1.54, 1.807) is 0 Å². The predicted molar refractivity (Wildman–Crippen MR) is 61.2 cm³/mol. The highest BCUT2D eigenvalue weighted by Crippen LogP contribution is 2.28. The second-order valence-electron chi connectivity index (χ2n) is 3.92. The fourth-order valence-corrected chi connectivity index (χ4v) is 1.62. The molecule has 0 bridgehead atoms. The SMILES string of the molecule is CC(C)N(C)CCNc1nc(C(F)(F)F)ns1. The number of anilines is 1. The molecular formula is C9H15F3N4S. The monoisotopic (exact) mass is 268 g/mol. The van der Waals surface area contributed by atoms with Crippen molar-refractivity contribution in [3.05, 3.63) is 5.82 Å². The highest BCUT2D eigenvalue weighted by Gasteiger charge is 2.36. The van der Waals surface area contributed by atoms with Gasteiger partial charge >= 0.3 is 6.18 Å². The zero-order valence-electron chi connectivity index (χ0n) is 9.88. The second-order valence-corrected chi connectivity index (χ2v) is 4.67. The van der Waals surface area contributed by atoms with Crippen LogP contribution in [0.25, 0.3) is 0 Å². The van der Waals surface area contributed by atoms with Crippen LogP contribution in [-0.4, -0.2) is 40.4 Å². The summed E-state index contributed by atoms with van der Waals surface area (Å²) in [7, 11) is 1.95. The molecule has 0 aliphatic heterocycles. The van der Waals surface area contributed by atoms with Crippen molar-refractivity contribution in [2.45, 2.75) is 26.1 Å². The van der Waals surface area contributed by atoms with Crippen molar-refractivity contribution in [3.8, 4) is 0 Å². The number of aromatic nitrogens is 2. The maximum atomic E-state index is 12.2. The number of halogens is 3. The minimum atomic E-state index is -4.47. The molecule has 0 saturated heterocycles. The van der Waals surface area contributed by atoms with E-state index in [1.807, 2.05) is 20.9 Å². The molecule has 1 heterocycles. The van der Waals surface area contributed by atoms with Crippen LogP contribution in [0.3, 0.4) is 0 Å². The lowest BCUT2D eigenvalue weighted by Crippen LogP contribution is -2.31. The van der Waals surface area contributed by atoms with E-state index in [0.717, 1.165) is 18.1 Å². The van der Waals surface area contributed by atoms with Crippen LogP contribution in [-0.2, 0) is 6.18 Å². The first-order valence-electron chi connectivity index (χ1n) is 5.15. The van der Waals surface area contributed by atoms with Gasteiger partial charge in [-0.25, -0.2) is 0 Å². The standard InChI is InChI=1S/C9H15F3N4S/c1-6(2)16(3)5-4-13-8-14-7(15-17-8)9(10,11)12/h6H,4-5H2,1-3H3,(H,13,14,15). The largest absolute Gasteiger partial charge is 0.452 e. The van der Waals surface area contributed by atoms with Crippen LogP contribution in [0.1, 0.15) is 19.7 Å². The molecule has 4 nitrogen and oxygen atoms in total. The Balaban J connectivity index is 2.41. The topological polar surface area (TPSA) is 41.0 Å². The molecule has 0 aromatic carbocycles. The lowest BCUT2D eigenvalue weighted by atomic mass is 10.3. The van der Waals surface area contributed by atoms with E-state index in [2.05, 4.69) is 19.6 Å². The Morgan fingerprint density at radius 2 is 2.06 bits per heavy atom. The maximum absolute atomic E-state index is 12.2. The number of nitrogens with zero attached hydrogens (tertiary/aromatic N) is 3. The zero-order chi connectivity index (χ0) is 13.1. The summed E-state index contributed by atoms with van der Waals surface area (Å²) in [5, 5.41) is 3.03. The van der Waals surface area contributed by atoms with E-state index in [-0.39, 0.29) is 5.13 Å². The molecule has 0 saturated carbocycles. The molecule has 0 radical (unpaired) electrons. The highest BCUT2D eigenvalue weighted by molar-refractivity contribution is 7.09. The van der Waals surface area contributed by atoms with Gasteiger partial charge in [0.1, 0.15) is 0 Å². The Morgan fingerprint density at radius 3 is 2.53 bits per heavy atom. The number of hydrogen-bond acceptors (Lipinski definition) is 5. The normalized spacial score (nSPS) is 12.5. The Morgan fingerprint density at radius 1 is 1.41 bits per heavy atom. The molecular weight excluding hydrogens is 253 g/mol. The Hall–Kier alpha value is -0.890. The van der Waals surface area contributed by atoms with Crippen molar-refractivity contribution in [2.24, 2.45) is 0 Å². The van der Waals surface area contributed by atoms with Crippen LogP contribution >= 0.6 is 11.5 Å². The molecule has 0 unspecified atom stereocenters. The lowest BCUT2D eigenvalue weighted by Gasteiger charge is -2.20. The Labute approximate surface area is 102 Å². The number of alkyl halides is 3. The van der Waals surface area contributed by atoms with Gasteiger partial charge in [-0.1, -0.05) is 0 Å². The number of hydrogen-bond donors (Lipinski definition) is 1. The van der Waals surface area contributed by atoms with Gasteiger partial charge in [-0.3, -0.25) is 0 Å². The third-order valence-electron chi connectivity index (χ3n) is 2.30.